The summed E-state index contributed by atoms with van der Waals surface area (Å²) in [7, 11) is 0. The monoisotopic (exact) mass is 398 g/mol. The first-order valence-corrected chi connectivity index (χ1v) is 9.61. The van der Waals surface area contributed by atoms with Gasteiger partial charge >= 0.3 is 0 Å². The third kappa shape index (κ3) is 5.61. The lowest BCUT2D eigenvalue weighted by Crippen LogP contribution is -2.35. The Balaban J connectivity index is 1.39. The molecule has 3 aromatic rings. The summed E-state index contributed by atoms with van der Waals surface area (Å²) in [4.78, 5) is 13.4. The van der Waals surface area contributed by atoms with Crippen molar-refractivity contribution < 1.29 is 4.79 Å². The van der Waals surface area contributed by atoms with Gasteiger partial charge in [0, 0.05) is 23.7 Å². The molecule has 0 atom stereocenters. The summed E-state index contributed by atoms with van der Waals surface area (Å²) in [5, 5.41) is 19.1. The molecule has 0 spiro atoms. The van der Waals surface area contributed by atoms with Crippen molar-refractivity contribution in [3.63, 3.8) is 0 Å². The highest BCUT2D eigenvalue weighted by Crippen LogP contribution is 2.15. The minimum atomic E-state index is -0.0949. The molecule has 2 aromatic carbocycles. The number of tetrazole rings is 1. The fraction of sp³-hybridized carbons (Fsp3) is 0.300. The van der Waals surface area contributed by atoms with Gasteiger partial charge in [-0.1, -0.05) is 61.0 Å². The van der Waals surface area contributed by atoms with Gasteiger partial charge in [-0.15, -0.1) is 10.2 Å². The van der Waals surface area contributed by atoms with Gasteiger partial charge in [-0.05, 0) is 28.8 Å². The minimum Gasteiger partial charge on any atom is -0.353 e. The zero-order valence-electron chi connectivity index (χ0n) is 15.7. The van der Waals surface area contributed by atoms with Crippen LogP contribution < -0.4 is 10.6 Å². The molecule has 0 fully saturated rings. The number of hydrogen-bond donors (Lipinski definition) is 2. The van der Waals surface area contributed by atoms with Gasteiger partial charge in [-0.3, -0.25) is 4.79 Å². The van der Waals surface area contributed by atoms with Crippen molar-refractivity contribution in [2.75, 3.05) is 13.1 Å². The van der Waals surface area contributed by atoms with Crippen molar-refractivity contribution >= 4 is 17.5 Å². The van der Waals surface area contributed by atoms with E-state index in [0.717, 1.165) is 17.5 Å². The normalized spacial score (nSPS) is 10.8. The summed E-state index contributed by atoms with van der Waals surface area (Å²) in [6.07, 6.45) is 0.993. The van der Waals surface area contributed by atoms with Gasteiger partial charge < -0.3 is 10.6 Å². The number of benzene rings is 2. The molecule has 0 bridgehead atoms. The molecule has 1 aromatic heterocycles. The van der Waals surface area contributed by atoms with Gasteiger partial charge in [-0.2, -0.15) is 4.80 Å². The van der Waals surface area contributed by atoms with Crippen molar-refractivity contribution in [3.05, 3.63) is 64.7 Å². The molecule has 1 heterocycles. The molecule has 7 nitrogen and oxygen atoms in total. The second kappa shape index (κ2) is 9.96. The van der Waals surface area contributed by atoms with Crippen LogP contribution in [0.3, 0.4) is 0 Å². The standard InChI is InChI=1S/C20H23ClN6O/c1-2-15-7-9-16(10-8-15)20-24-26-27(25-20)12-11-23-19(28)14-22-13-17-5-3-4-6-18(17)21/h3-10,22H,2,11-14H2,1H3,(H,23,28). The Morgan fingerprint density at radius 2 is 1.93 bits per heavy atom. The highest BCUT2D eigenvalue weighted by Gasteiger charge is 2.07. The van der Waals surface area contributed by atoms with E-state index in [2.05, 4.69) is 45.1 Å². The largest absolute Gasteiger partial charge is 0.353 e. The molecule has 28 heavy (non-hydrogen) atoms. The van der Waals surface area contributed by atoms with Crippen LogP contribution in [0.25, 0.3) is 11.4 Å². The van der Waals surface area contributed by atoms with Gasteiger partial charge in [0.25, 0.3) is 0 Å². The maximum Gasteiger partial charge on any atom is 0.234 e. The SMILES string of the molecule is CCc1ccc(-c2nnn(CCNC(=O)CNCc3ccccc3Cl)n2)cc1. The first-order chi connectivity index (χ1) is 13.7. The van der Waals surface area contributed by atoms with Crippen molar-refractivity contribution in [1.82, 2.24) is 30.8 Å². The quantitative estimate of drug-likeness (QED) is 0.578. The molecule has 2 N–H and O–H groups in total. The van der Waals surface area contributed by atoms with Crippen molar-refractivity contribution in [3.8, 4) is 11.4 Å². The van der Waals surface area contributed by atoms with Gasteiger partial charge in [-0.25, -0.2) is 0 Å². The van der Waals surface area contributed by atoms with Crippen LogP contribution in [-0.2, 0) is 24.3 Å². The average Bonchev–Trinajstić information content (AvgIpc) is 3.18. The molecule has 0 aliphatic carbocycles. The van der Waals surface area contributed by atoms with Gasteiger partial charge in [0.1, 0.15) is 0 Å². The second-order valence-corrected chi connectivity index (χ2v) is 6.71. The molecule has 146 valence electrons. The van der Waals surface area contributed by atoms with Crippen LogP contribution in [0, 0.1) is 0 Å². The molecular formula is C20H23ClN6O. The topological polar surface area (TPSA) is 84.7 Å². The number of aryl methyl sites for hydroxylation is 1. The van der Waals surface area contributed by atoms with E-state index >= 15 is 0 Å². The lowest BCUT2D eigenvalue weighted by molar-refractivity contribution is -0.120. The molecule has 8 heteroatoms. The maximum atomic E-state index is 11.9. The van der Waals surface area contributed by atoms with E-state index in [-0.39, 0.29) is 12.5 Å². The van der Waals surface area contributed by atoms with E-state index in [1.54, 1.807) is 0 Å². The minimum absolute atomic E-state index is 0.0949. The number of rotatable bonds is 9. The highest BCUT2D eigenvalue weighted by atomic mass is 35.5. The third-order valence-corrected chi connectivity index (χ3v) is 4.63. The molecule has 0 saturated heterocycles. The Kier molecular flexibility index (Phi) is 7.11. The summed E-state index contributed by atoms with van der Waals surface area (Å²) in [5.74, 6) is 0.484. The average molecular weight is 399 g/mol. The zero-order valence-corrected chi connectivity index (χ0v) is 16.5. The van der Waals surface area contributed by atoms with Crippen LogP contribution in [-0.4, -0.2) is 39.2 Å². The number of amides is 1. The number of halogens is 1. The summed E-state index contributed by atoms with van der Waals surface area (Å²) in [6, 6.07) is 15.7. The Morgan fingerprint density at radius 3 is 2.68 bits per heavy atom. The number of aromatic nitrogens is 4. The molecule has 0 unspecified atom stereocenters. The maximum absolute atomic E-state index is 11.9. The molecule has 3 rings (SSSR count). The van der Waals surface area contributed by atoms with Gasteiger partial charge in [0.2, 0.25) is 11.7 Å². The lowest BCUT2D eigenvalue weighted by Gasteiger charge is -2.07. The first-order valence-electron chi connectivity index (χ1n) is 9.23. The highest BCUT2D eigenvalue weighted by molar-refractivity contribution is 6.31. The van der Waals surface area contributed by atoms with Crippen LogP contribution in [0.5, 0.6) is 0 Å². The molecule has 0 aliphatic rings. The summed E-state index contributed by atoms with van der Waals surface area (Å²) in [5.41, 5.74) is 3.15. The smallest absolute Gasteiger partial charge is 0.234 e. The van der Waals surface area contributed by atoms with E-state index in [9.17, 15) is 4.79 Å². The second-order valence-electron chi connectivity index (χ2n) is 6.30. The predicted molar refractivity (Wildman–Crippen MR) is 109 cm³/mol. The number of nitrogens with one attached hydrogen (secondary N) is 2. The predicted octanol–water partition coefficient (Wildman–Crippen LogP) is 2.46. The third-order valence-electron chi connectivity index (χ3n) is 4.27. The molecule has 1 amide bonds. The fourth-order valence-electron chi connectivity index (χ4n) is 2.65. The molecular weight excluding hydrogens is 376 g/mol. The molecule has 0 saturated carbocycles. The van der Waals surface area contributed by atoms with Crippen molar-refractivity contribution in [2.24, 2.45) is 0 Å². The van der Waals surface area contributed by atoms with Crippen LogP contribution >= 0.6 is 11.6 Å². The van der Waals surface area contributed by atoms with Gasteiger partial charge in [0.05, 0.1) is 13.1 Å². The van der Waals surface area contributed by atoms with Gasteiger partial charge in [0.15, 0.2) is 0 Å². The number of hydrogen-bond acceptors (Lipinski definition) is 5. The van der Waals surface area contributed by atoms with Crippen molar-refractivity contribution in [1.29, 1.82) is 0 Å². The van der Waals surface area contributed by atoms with E-state index in [0.29, 0.717) is 30.5 Å². The zero-order chi connectivity index (χ0) is 19.8. The fourth-order valence-corrected chi connectivity index (χ4v) is 2.86. The van der Waals surface area contributed by atoms with E-state index in [4.69, 9.17) is 11.6 Å². The number of carbonyl (C=O) groups excluding carboxylic acids is 1. The van der Waals surface area contributed by atoms with E-state index < -0.39 is 0 Å². The van der Waals surface area contributed by atoms with Crippen LogP contribution in [0.15, 0.2) is 48.5 Å². The Labute approximate surface area is 169 Å². The summed E-state index contributed by atoms with van der Waals surface area (Å²) < 4.78 is 0. The number of nitrogens with zero attached hydrogens (tertiary/aromatic N) is 4. The Morgan fingerprint density at radius 1 is 1.14 bits per heavy atom. The van der Waals surface area contributed by atoms with E-state index in [1.165, 1.54) is 10.4 Å². The summed E-state index contributed by atoms with van der Waals surface area (Å²) >= 11 is 6.09. The summed E-state index contributed by atoms with van der Waals surface area (Å²) in [6.45, 7) is 3.75. The van der Waals surface area contributed by atoms with Crippen LogP contribution in [0.1, 0.15) is 18.1 Å². The lowest BCUT2D eigenvalue weighted by atomic mass is 10.1. The first kappa shape index (κ1) is 20.0. The molecule has 0 aliphatic heterocycles. The number of carbonyl (C=O) groups is 1. The van der Waals surface area contributed by atoms with E-state index in [1.807, 2.05) is 36.4 Å². The molecule has 0 radical (unpaired) electrons. The van der Waals surface area contributed by atoms with Crippen LogP contribution in [0.2, 0.25) is 5.02 Å². The Hall–Kier alpha value is -2.77. The Bertz CT molecular complexity index is 909. The van der Waals surface area contributed by atoms with Crippen LogP contribution in [0.4, 0.5) is 0 Å². The van der Waals surface area contributed by atoms with Crippen molar-refractivity contribution in [2.45, 2.75) is 26.4 Å².